The zero-order chi connectivity index (χ0) is 15.1. The molecule has 3 saturated carbocycles. The van der Waals surface area contributed by atoms with E-state index in [4.69, 9.17) is 0 Å². The van der Waals surface area contributed by atoms with Gasteiger partial charge >= 0.3 is 0 Å². The van der Waals surface area contributed by atoms with Crippen molar-refractivity contribution >= 4 is 17.2 Å². The van der Waals surface area contributed by atoms with Crippen LogP contribution in [0.1, 0.15) is 77.4 Å². The first kappa shape index (κ1) is 14.7. The number of amides is 1. The molecule has 0 spiro atoms. The van der Waals surface area contributed by atoms with Gasteiger partial charge in [-0.3, -0.25) is 4.79 Å². The highest BCUT2D eigenvalue weighted by molar-refractivity contribution is 7.12. The van der Waals surface area contributed by atoms with Crippen molar-refractivity contribution in [1.29, 1.82) is 0 Å². The lowest BCUT2D eigenvalue weighted by atomic mass is 9.93. The molecule has 1 aromatic rings. The summed E-state index contributed by atoms with van der Waals surface area (Å²) in [5.41, 5.74) is 0.918. The summed E-state index contributed by atoms with van der Waals surface area (Å²) in [5.74, 6) is 0.799. The minimum absolute atomic E-state index is 0.149. The molecule has 2 atom stereocenters. The third kappa shape index (κ3) is 2.95. The average Bonchev–Trinajstić information content (AvgIpc) is 2.83. The van der Waals surface area contributed by atoms with E-state index in [2.05, 4.69) is 23.6 Å². The van der Waals surface area contributed by atoms with Gasteiger partial charge in [0.2, 0.25) is 0 Å². The molecule has 2 unspecified atom stereocenters. The number of carbonyl (C=O) groups excluding carboxylic acids is 1. The SMILES string of the molecule is Cc1sc(C2CC2NC2CCC2)cc1C(=O)NC1CCCC1. The lowest BCUT2D eigenvalue weighted by molar-refractivity contribution is 0.0937. The van der Waals surface area contributed by atoms with Gasteiger partial charge in [-0.1, -0.05) is 19.3 Å². The predicted molar refractivity (Wildman–Crippen MR) is 90.7 cm³/mol. The molecule has 0 bridgehead atoms. The maximum atomic E-state index is 12.5. The lowest BCUT2D eigenvalue weighted by Crippen LogP contribution is -2.37. The van der Waals surface area contributed by atoms with Gasteiger partial charge in [-0.05, 0) is 45.1 Å². The smallest absolute Gasteiger partial charge is 0.252 e. The predicted octanol–water partition coefficient (Wildman–Crippen LogP) is 3.73. The summed E-state index contributed by atoms with van der Waals surface area (Å²) in [6.45, 7) is 2.09. The van der Waals surface area contributed by atoms with E-state index in [0.717, 1.165) is 24.4 Å². The topological polar surface area (TPSA) is 41.1 Å². The van der Waals surface area contributed by atoms with Gasteiger partial charge in [-0.15, -0.1) is 11.3 Å². The first-order valence-electron chi connectivity index (χ1n) is 8.88. The largest absolute Gasteiger partial charge is 0.349 e. The second kappa shape index (κ2) is 5.97. The Kier molecular flexibility index (Phi) is 3.99. The van der Waals surface area contributed by atoms with Crippen LogP contribution in [0, 0.1) is 6.92 Å². The van der Waals surface area contributed by atoms with Crippen molar-refractivity contribution in [1.82, 2.24) is 10.6 Å². The van der Waals surface area contributed by atoms with E-state index < -0.39 is 0 Å². The minimum atomic E-state index is 0.149. The van der Waals surface area contributed by atoms with Crippen LogP contribution in [0.25, 0.3) is 0 Å². The van der Waals surface area contributed by atoms with Crippen LogP contribution in [0.3, 0.4) is 0 Å². The molecule has 0 aromatic carbocycles. The summed E-state index contributed by atoms with van der Waals surface area (Å²) in [5, 5.41) is 6.98. The molecule has 0 saturated heterocycles. The Balaban J connectivity index is 1.37. The summed E-state index contributed by atoms with van der Waals surface area (Å²) >= 11 is 1.83. The van der Waals surface area contributed by atoms with Gasteiger partial charge in [-0.25, -0.2) is 0 Å². The van der Waals surface area contributed by atoms with Crippen molar-refractivity contribution in [2.75, 3.05) is 0 Å². The van der Waals surface area contributed by atoms with E-state index in [-0.39, 0.29) is 5.91 Å². The molecule has 3 aliphatic carbocycles. The standard InChI is InChI=1S/C18H26N2OS/c1-11-14(18(21)20-13-5-2-3-6-13)10-17(22-11)15-9-16(15)19-12-7-4-8-12/h10,12-13,15-16,19H,2-9H2,1H3,(H,20,21). The van der Waals surface area contributed by atoms with Crippen LogP contribution in [0.2, 0.25) is 0 Å². The summed E-state index contributed by atoms with van der Waals surface area (Å²) in [6.07, 6.45) is 10.2. The molecule has 2 N–H and O–H groups in total. The average molecular weight is 318 g/mol. The first-order chi connectivity index (χ1) is 10.7. The van der Waals surface area contributed by atoms with Crippen molar-refractivity contribution in [3.63, 3.8) is 0 Å². The molecular formula is C18H26N2OS. The number of nitrogens with one attached hydrogen (secondary N) is 2. The van der Waals surface area contributed by atoms with Crippen LogP contribution < -0.4 is 10.6 Å². The molecule has 0 radical (unpaired) electrons. The molecule has 3 aliphatic rings. The third-order valence-electron chi connectivity index (χ3n) is 5.58. The van der Waals surface area contributed by atoms with Crippen LogP contribution in [0.4, 0.5) is 0 Å². The monoisotopic (exact) mass is 318 g/mol. The molecule has 4 heteroatoms. The van der Waals surface area contributed by atoms with Gasteiger partial charge in [0.25, 0.3) is 5.91 Å². The van der Waals surface area contributed by atoms with Crippen molar-refractivity contribution < 1.29 is 4.79 Å². The summed E-state index contributed by atoms with van der Waals surface area (Å²) in [4.78, 5) is 15.1. The molecule has 1 aromatic heterocycles. The maximum Gasteiger partial charge on any atom is 0.252 e. The first-order valence-corrected chi connectivity index (χ1v) is 9.69. The summed E-state index contributed by atoms with van der Waals surface area (Å²) < 4.78 is 0. The van der Waals surface area contributed by atoms with Crippen molar-refractivity contribution in [2.24, 2.45) is 0 Å². The number of aryl methyl sites for hydroxylation is 1. The van der Waals surface area contributed by atoms with Crippen LogP contribution in [0.15, 0.2) is 6.07 Å². The van der Waals surface area contributed by atoms with Gasteiger partial charge in [0.05, 0.1) is 5.56 Å². The zero-order valence-corrected chi connectivity index (χ0v) is 14.2. The van der Waals surface area contributed by atoms with E-state index >= 15 is 0 Å². The Hall–Kier alpha value is -0.870. The normalized spacial score (nSPS) is 28.6. The molecule has 4 rings (SSSR count). The summed E-state index contributed by atoms with van der Waals surface area (Å²) in [7, 11) is 0. The molecular weight excluding hydrogens is 292 g/mol. The number of hydrogen-bond donors (Lipinski definition) is 2. The minimum Gasteiger partial charge on any atom is -0.349 e. The number of hydrogen-bond acceptors (Lipinski definition) is 3. The third-order valence-corrected chi connectivity index (χ3v) is 6.77. The zero-order valence-electron chi connectivity index (χ0n) is 13.4. The Bertz CT molecular complexity index is 557. The van der Waals surface area contributed by atoms with E-state index in [0.29, 0.717) is 18.0 Å². The molecule has 3 fully saturated rings. The van der Waals surface area contributed by atoms with E-state index in [1.165, 1.54) is 48.3 Å². The highest BCUT2D eigenvalue weighted by Gasteiger charge is 2.41. The molecule has 1 amide bonds. The van der Waals surface area contributed by atoms with Crippen molar-refractivity contribution in [3.8, 4) is 0 Å². The van der Waals surface area contributed by atoms with Gasteiger partial charge in [0.1, 0.15) is 0 Å². The molecule has 0 aliphatic heterocycles. The Morgan fingerprint density at radius 1 is 1.14 bits per heavy atom. The van der Waals surface area contributed by atoms with E-state index in [1.807, 2.05) is 11.3 Å². The Morgan fingerprint density at radius 3 is 2.55 bits per heavy atom. The fraction of sp³-hybridized carbons (Fsp3) is 0.722. The fourth-order valence-corrected chi connectivity index (χ4v) is 5.02. The number of rotatable bonds is 5. The molecule has 1 heterocycles. The lowest BCUT2D eigenvalue weighted by Gasteiger charge is -2.26. The molecule has 120 valence electrons. The van der Waals surface area contributed by atoms with E-state index in [1.54, 1.807) is 0 Å². The van der Waals surface area contributed by atoms with Crippen LogP contribution >= 0.6 is 11.3 Å². The van der Waals surface area contributed by atoms with Gasteiger partial charge < -0.3 is 10.6 Å². The van der Waals surface area contributed by atoms with Gasteiger partial charge in [-0.2, -0.15) is 0 Å². The highest BCUT2D eigenvalue weighted by atomic mass is 32.1. The second-order valence-electron chi connectivity index (χ2n) is 7.32. The molecule has 22 heavy (non-hydrogen) atoms. The van der Waals surface area contributed by atoms with Crippen molar-refractivity contribution in [2.45, 2.75) is 82.3 Å². The van der Waals surface area contributed by atoms with Crippen LogP contribution in [0.5, 0.6) is 0 Å². The quantitative estimate of drug-likeness (QED) is 0.868. The van der Waals surface area contributed by atoms with Gasteiger partial charge in [0, 0.05) is 33.8 Å². The van der Waals surface area contributed by atoms with Crippen LogP contribution in [-0.4, -0.2) is 24.0 Å². The highest BCUT2D eigenvalue weighted by Crippen LogP contribution is 2.45. The van der Waals surface area contributed by atoms with Gasteiger partial charge in [0.15, 0.2) is 0 Å². The van der Waals surface area contributed by atoms with Crippen LogP contribution in [-0.2, 0) is 0 Å². The Labute approximate surface area is 136 Å². The number of carbonyl (C=O) groups is 1. The van der Waals surface area contributed by atoms with Crippen molar-refractivity contribution in [3.05, 3.63) is 21.4 Å². The Morgan fingerprint density at radius 2 is 1.86 bits per heavy atom. The maximum absolute atomic E-state index is 12.5. The fourth-order valence-electron chi connectivity index (χ4n) is 3.82. The van der Waals surface area contributed by atoms with E-state index in [9.17, 15) is 4.79 Å². The number of thiophene rings is 1. The molecule has 3 nitrogen and oxygen atoms in total. The second-order valence-corrected chi connectivity index (χ2v) is 8.60. The summed E-state index contributed by atoms with van der Waals surface area (Å²) in [6, 6.07) is 4.00.